The Labute approximate surface area is 132 Å². The predicted molar refractivity (Wildman–Crippen MR) is 78.3 cm³/mol. The fraction of sp³-hybridized carbons (Fsp3) is 0.357. The van der Waals surface area contributed by atoms with E-state index in [0.29, 0.717) is 0 Å². The molecule has 0 N–H and O–H groups in total. The molecule has 1 amide bonds. The average molecular weight is 348 g/mol. The monoisotopic (exact) mass is 347 g/mol. The first-order chi connectivity index (χ1) is 10.3. The molecule has 1 aliphatic rings. The van der Waals surface area contributed by atoms with Gasteiger partial charge in [-0.2, -0.15) is 0 Å². The zero-order chi connectivity index (χ0) is 16.5. The Bertz CT molecular complexity index is 758. The zero-order valence-electron chi connectivity index (χ0n) is 11.4. The quantitative estimate of drug-likeness (QED) is 0.619. The number of carbonyl (C=O) groups is 1. The molecule has 1 heterocycles. The molecule has 1 aromatic rings. The van der Waals surface area contributed by atoms with E-state index in [9.17, 15) is 22.0 Å². The van der Waals surface area contributed by atoms with E-state index in [0.717, 1.165) is 17.0 Å². The van der Waals surface area contributed by atoms with Gasteiger partial charge in [0.2, 0.25) is 0 Å². The molecule has 0 spiro atoms. The second-order valence-corrected chi connectivity index (χ2v) is 7.52. The highest BCUT2D eigenvalue weighted by molar-refractivity contribution is 7.91. The van der Waals surface area contributed by atoms with Crippen LogP contribution in [-0.2, 0) is 9.84 Å². The minimum absolute atomic E-state index is 0.0569. The topological polar surface area (TPSA) is 54.5 Å². The second kappa shape index (κ2) is 6.23. The summed E-state index contributed by atoms with van der Waals surface area (Å²) >= 11 is 5.46. The van der Waals surface area contributed by atoms with Crippen LogP contribution in [0, 0.1) is 24.0 Å². The van der Waals surface area contributed by atoms with Crippen LogP contribution in [0.15, 0.2) is 12.1 Å². The van der Waals surface area contributed by atoms with Crippen molar-refractivity contribution in [3.63, 3.8) is 0 Å². The van der Waals surface area contributed by atoms with Gasteiger partial charge >= 0.3 is 0 Å². The highest BCUT2D eigenvalue weighted by Gasteiger charge is 2.35. The van der Waals surface area contributed by atoms with E-state index in [1.165, 1.54) is 0 Å². The summed E-state index contributed by atoms with van der Waals surface area (Å²) in [6.07, 6.45) is 5.43. The number of halogens is 3. The molecule has 0 radical (unpaired) electrons. The van der Waals surface area contributed by atoms with Gasteiger partial charge in [-0.15, -0.1) is 6.42 Å². The van der Waals surface area contributed by atoms with Crippen LogP contribution in [0.25, 0.3) is 0 Å². The van der Waals surface area contributed by atoms with Crippen molar-refractivity contribution in [3.05, 3.63) is 34.4 Å². The van der Waals surface area contributed by atoms with Crippen molar-refractivity contribution in [3.8, 4) is 12.3 Å². The van der Waals surface area contributed by atoms with Crippen LogP contribution in [0.2, 0.25) is 5.02 Å². The third kappa shape index (κ3) is 3.23. The Kier molecular flexibility index (Phi) is 4.73. The molecule has 2 rings (SSSR count). The van der Waals surface area contributed by atoms with Gasteiger partial charge in [0, 0.05) is 6.04 Å². The summed E-state index contributed by atoms with van der Waals surface area (Å²) in [6, 6.07) is 1.21. The van der Waals surface area contributed by atoms with Gasteiger partial charge in [0.25, 0.3) is 5.91 Å². The number of nitrogens with zero attached hydrogens (tertiary/aromatic N) is 1. The molecule has 8 heteroatoms. The standard InChI is InChI=1S/C14H12ClF2NO3S/c1-2-6-18(9-5-7-22(20,21)8-9)14(19)10-3-4-11(16)12(15)13(10)17/h1,3-4,9H,5-8H2/t9-/m0/s1. The van der Waals surface area contributed by atoms with Crippen molar-refractivity contribution in [2.24, 2.45) is 0 Å². The van der Waals surface area contributed by atoms with Crippen molar-refractivity contribution >= 4 is 27.3 Å². The Morgan fingerprint density at radius 2 is 2.14 bits per heavy atom. The largest absolute Gasteiger partial charge is 0.323 e. The van der Waals surface area contributed by atoms with Gasteiger partial charge in [0.05, 0.1) is 23.6 Å². The lowest BCUT2D eigenvalue weighted by atomic mass is 10.1. The summed E-state index contributed by atoms with van der Waals surface area (Å²) in [5.41, 5.74) is -0.439. The van der Waals surface area contributed by atoms with E-state index in [4.69, 9.17) is 18.0 Å². The van der Waals surface area contributed by atoms with Crippen LogP contribution in [0.4, 0.5) is 8.78 Å². The van der Waals surface area contributed by atoms with E-state index < -0.39 is 44.0 Å². The molecule has 0 saturated carbocycles. The number of benzene rings is 1. The number of amides is 1. The number of terminal acetylenes is 1. The lowest BCUT2D eigenvalue weighted by molar-refractivity contribution is 0.0719. The van der Waals surface area contributed by atoms with Crippen molar-refractivity contribution in [2.75, 3.05) is 18.1 Å². The van der Waals surface area contributed by atoms with Gasteiger partial charge in [0.1, 0.15) is 10.8 Å². The molecule has 4 nitrogen and oxygen atoms in total. The Morgan fingerprint density at radius 1 is 1.45 bits per heavy atom. The van der Waals surface area contributed by atoms with E-state index in [1.807, 2.05) is 0 Å². The third-order valence-corrected chi connectivity index (χ3v) is 5.53. The maximum Gasteiger partial charge on any atom is 0.257 e. The SMILES string of the molecule is C#CCN(C(=O)c1ccc(F)c(Cl)c1F)[C@H]1CCS(=O)(=O)C1. The van der Waals surface area contributed by atoms with Crippen molar-refractivity contribution in [1.82, 2.24) is 4.90 Å². The van der Waals surface area contributed by atoms with Gasteiger partial charge in [-0.25, -0.2) is 17.2 Å². The van der Waals surface area contributed by atoms with Crippen LogP contribution < -0.4 is 0 Å². The minimum atomic E-state index is -3.24. The summed E-state index contributed by atoms with van der Waals surface area (Å²) < 4.78 is 50.2. The maximum absolute atomic E-state index is 14.0. The fourth-order valence-electron chi connectivity index (χ4n) is 2.33. The number of hydrogen-bond donors (Lipinski definition) is 0. The van der Waals surface area contributed by atoms with Gasteiger partial charge in [0.15, 0.2) is 15.7 Å². The normalized spacial score (nSPS) is 19.6. The first-order valence-electron chi connectivity index (χ1n) is 6.35. The van der Waals surface area contributed by atoms with E-state index in [2.05, 4.69) is 5.92 Å². The van der Waals surface area contributed by atoms with Crippen LogP contribution in [0.1, 0.15) is 16.8 Å². The second-order valence-electron chi connectivity index (χ2n) is 4.92. The minimum Gasteiger partial charge on any atom is -0.323 e. The Hall–Kier alpha value is -1.65. The molecule has 118 valence electrons. The summed E-state index contributed by atoms with van der Waals surface area (Å²) in [7, 11) is -3.24. The van der Waals surface area contributed by atoms with Crippen LogP contribution >= 0.6 is 11.6 Å². The first kappa shape index (κ1) is 16.7. The van der Waals surface area contributed by atoms with Gasteiger partial charge in [-0.1, -0.05) is 17.5 Å². The molecule has 1 fully saturated rings. The Balaban J connectivity index is 2.36. The lowest BCUT2D eigenvalue weighted by Gasteiger charge is -2.26. The van der Waals surface area contributed by atoms with E-state index in [1.54, 1.807) is 0 Å². The van der Waals surface area contributed by atoms with Crippen LogP contribution in [-0.4, -0.2) is 43.3 Å². The molecular weight excluding hydrogens is 336 g/mol. The molecule has 0 bridgehead atoms. The smallest absolute Gasteiger partial charge is 0.257 e. The third-order valence-electron chi connectivity index (χ3n) is 3.44. The van der Waals surface area contributed by atoms with Crippen LogP contribution in [0.5, 0.6) is 0 Å². The number of carbonyl (C=O) groups excluding carboxylic acids is 1. The van der Waals surface area contributed by atoms with Crippen molar-refractivity contribution in [1.29, 1.82) is 0 Å². The van der Waals surface area contributed by atoms with E-state index in [-0.39, 0.29) is 24.5 Å². The number of sulfone groups is 1. The molecule has 1 aromatic carbocycles. The molecule has 1 aliphatic heterocycles. The van der Waals surface area contributed by atoms with Gasteiger partial charge in [-0.05, 0) is 18.6 Å². The number of hydrogen-bond acceptors (Lipinski definition) is 3. The fourth-order valence-corrected chi connectivity index (χ4v) is 4.23. The summed E-state index contributed by atoms with van der Waals surface area (Å²) in [6.45, 7) is -0.173. The molecule has 1 atom stereocenters. The summed E-state index contributed by atoms with van der Waals surface area (Å²) in [5, 5.41) is -0.787. The molecule has 0 aliphatic carbocycles. The summed E-state index contributed by atoms with van der Waals surface area (Å²) in [4.78, 5) is 13.5. The van der Waals surface area contributed by atoms with Gasteiger partial charge < -0.3 is 4.90 Å². The van der Waals surface area contributed by atoms with Gasteiger partial charge in [-0.3, -0.25) is 4.79 Å². The Morgan fingerprint density at radius 3 is 2.68 bits per heavy atom. The van der Waals surface area contributed by atoms with E-state index >= 15 is 0 Å². The predicted octanol–water partition coefficient (Wildman–Crippen LogP) is 1.88. The molecular formula is C14H12ClF2NO3S. The maximum atomic E-state index is 14.0. The zero-order valence-corrected chi connectivity index (χ0v) is 12.9. The average Bonchev–Trinajstić information content (AvgIpc) is 2.81. The first-order valence-corrected chi connectivity index (χ1v) is 8.55. The lowest BCUT2D eigenvalue weighted by Crippen LogP contribution is -2.41. The molecule has 0 unspecified atom stereocenters. The molecule has 1 saturated heterocycles. The molecule has 22 heavy (non-hydrogen) atoms. The van der Waals surface area contributed by atoms with Crippen LogP contribution in [0.3, 0.4) is 0 Å². The molecule has 0 aromatic heterocycles. The summed E-state index contributed by atoms with van der Waals surface area (Å²) in [5.74, 6) is -1.01. The van der Waals surface area contributed by atoms with Crippen molar-refractivity contribution in [2.45, 2.75) is 12.5 Å². The highest BCUT2D eigenvalue weighted by atomic mass is 35.5. The number of rotatable bonds is 3. The van der Waals surface area contributed by atoms with Crippen molar-refractivity contribution < 1.29 is 22.0 Å². The highest BCUT2D eigenvalue weighted by Crippen LogP contribution is 2.25.